The number of fused-ring (bicyclic) bond motifs is 3. The van der Waals surface area contributed by atoms with Gasteiger partial charge in [0.2, 0.25) is 0 Å². The number of hydrogen-bond acceptors (Lipinski definition) is 4. The number of ether oxygens (including phenoxy) is 1. The Morgan fingerprint density at radius 2 is 1.72 bits per heavy atom. The maximum atomic E-state index is 13.3. The molecule has 0 aromatic heterocycles. The molecule has 5 nitrogen and oxygen atoms in total. The molecule has 2 heterocycles. The van der Waals surface area contributed by atoms with Gasteiger partial charge in [-0.2, -0.15) is 0 Å². The smallest absolute Gasteiger partial charge is 0.255 e. The van der Waals surface area contributed by atoms with Crippen LogP contribution < -0.4 is 15.4 Å². The molecule has 3 N–H and O–H groups in total. The van der Waals surface area contributed by atoms with Crippen molar-refractivity contribution in [1.82, 2.24) is 0 Å². The average Bonchev–Trinajstić information content (AvgIpc) is 3.02. The second-order valence-electron chi connectivity index (χ2n) is 7.72. The highest BCUT2D eigenvalue weighted by Crippen LogP contribution is 2.55. The first-order valence-electron chi connectivity index (χ1n) is 9.71. The first kappa shape index (κ1) is 17.6. The third kappa shape index (κ3) is 2.37. The van der Waals surface area contributed by atoms with Gasteiger partial charge in [0.05, 0.1) is 7.11 Å². The second kappa shape index (κ2) is 6.27. The summed E-state index contributed by atoms with van der Waals surface area (Å²) in [5.74, 6) is 0.339. The van der Waals surface area contributed by atoms with Crippen molar-refractivity contribution in [3.05, 3.63) is 83.4 Å². The minimum atomic E-state index is -0.874. The lowest BCUT2D eigenvalue weighted by Crippen LogP contribution is -2.52. The standard InChI is InChI=1S/C24H22N2O3/c1-14-22(15-11-12-20(27)21(13-15)29-2)16-7-3-5-9-18(16)26-24(14)17-8-4-6-10-19(17)25-23(24)28/h3-14,22,26-27H,1-2H3,(H,25,28)/t14-,22+,24-/m0/s1. The van der Waals surface area contributed by atoms with Gasteiger partial charge in [0.15, 0.2) is 11.5 Å². The number of amides is 1. The molecule has 0 unspecified atom stereocenters. The molecule has 1 amide bonds. The van der Waals surface area contributed by atoms with Crippen molar-refractivity contribution in [2.24, 2.45) is 5.92 Å². The molecule has 0 fully saturated rings. The largest absolute Gasteiger partial charge is 0.504 e. The van der Waals surface area contributed by atoms with Gasteiger partial charge in [-0.05, 0) is 35.4 Å². The van der Waals surface area contributed by atoms with Gasteiger partial charge in [0, 0.05) is 28.8 Å². The minimum Gasteiger partial charge on any atom is -0.504 e. The summed E-state index contributed by atoms with van der Waals surface area (Å²) in [6.45, 7) is 2.11. The van der Waals surface area contributed by atoms with Crippen LogP contribution in [0.15, 0.2) is 66.7 Å². The molecular weight excluding hydrogens is 364 g/mol. The number of carbonyl (C=O) groups is 1. The van der Waals surface area contributed by atoms with E-state index in [1.807, 2.05) is 54.6 Å². The van der Waals surface area contributed by atoms with Crippen molar-refractivity contribution in [1.29, 1.82) is 0 Å². The molecular formula is C24H22N2O3. The maximum Gasteiger partial charge on any atom is 0.255 e. The Bertz CT molecular complexity index is 1130. The number of nitrogens with one attached hydrogen (secondary N) is 2. The van der Waals surface area contributed by atoms with Crippen molar-refractivity contribution in [2.45, 2.75) is 18.4 Å². The van der Waals surface area contributed by atoms with Crippen molar-refractivity contribution in [3.8, 4) is 11.5 Å². The molecule has 29 heavy (non-hydrogen) atoms. The quantitative estimate of drug-likeness (QED) is 0.609. The van der Waals surface area contributed by atoms with Crippen molar-refractivity contribution >= 4 is 17.3 Å². The lowest BCUT2D eigenvalue weighted by atomic mass is 9.65. The van der Waals surface area contributed by atoms with E-state index in [0.29, 0.717) is 5.75 Å². The molecule has 1 spiro atoms. The molecule has 0 bridgehead atoms. The van der Waals surface area contributed by atoms with E-state index in [1.54, 1.807) is 13.2 Å². The van der Waals surface area contributed by atoms with Crippen LogP contribution in [-0.4, -0.2) is 18.1 Å². The summed E-state index contributed by atoms with van der Waals surface area (Å²) in [6.07, 6.45) is 0. The topological polar surface area (TPSA) is 70.6 Å². The fourth-order valence-electron chi connectivity index (χ4n) is 4.94. The Morgan fingerprint density at radius 1 is 1.00 bits per heavy atom. The molecule has 0 aliphatic carbocycles. The summed E-state index contributed by atoms with van der Waals surface area (Å²) in [5.41, 5.74) is 3.99. The molecule has 3 atom stereocenters. The number of phenols is 1. The highest BCUT2D eigenvalue weighted by atomic mass is 16.5. The van der Waals surface area contributed by atoms with E-state index in [-0.39, 0.29) is 23.5 Å². The Labute approximate surface area is 169 Å². The second-order valence-corrected chi connectivity index (χ2v) is 7.72. The molecule has 2 aliphatic heterocycles. The molecule has 0 saturated heterocycles. The molecule has 5 heteroatoms. The van der Waals surface area contributed by atoms with Crippen LogP contribution in [0.4, 0.5) is 11.4 Å². The van der Waals surface area contributed by atoms with E-state index >= 15 is 0 Å². The third-order valence-electron chi connectivity index (χ3n) is 6.33. The van der Waals surface area contributed by atoms with Crippen LogP contribution in [0.25, 0.3) is 0 Å². The van der Waals surface area contributed by atoms with Gasteiger partial charge in [-0.3, -0.25) is 4.79 Å². The number of benzene rings is 3. The van der Waals surface area contributed by atoms with Gasteiger partial charge in [-0.15, -0.1) is 0 Å². The molecule has 2 aliphatic rings. The summed E-state index contributed by atoms with van der Waals surface area (Å²) in [6, 6.07) is 21.4. The fraction of sp³-hybridized carbons (Fsp3) is 0.208. The highest BCUT2D eigenvalue weighted by molar-refractivity contribution is 6.08. The van der Waals surface area contributed by atoms with Crippen molar-refractivity contribution in [2.75, 3.05) is 17.7 Å². The predicted octanol–water partition coefficient (Wildman–Crippen LogP) is 4.44. The number of rotatable bonds is 2. The van der Waals surface area contributed by atoms with Gasteiger partial charge < -0.3 is 20.5 Å². The molecule has 146 valence electrons. The lowest BCUT2D eigenvalue weighted by molar-refractivity contribution is -0.121. The Hall–Kier alpha value is -3.47. The number of phenolic OH excluding ortho intramolecular Hbond substituents is 1. The predicted molar refractivity (Wildman–Crippen MR) is 112 cm³/mol. The van der Waals surface area contributed by atoms with Crippen LogP contribution in [0, 0.1) is 5.92 Å². The summed E-state index contributed by atoms with van der Waals surface area (Å²) in [5, 5.41) is 16.7. The molecule has 0 saturated carbocycles. The van der Waals surface area contributed by atoms with E-state index < -0.39 is 5.54 Å². The normalized spacial score (nSPS) is 24.4. The summed E-state index contributed by atoms with van der Waals surface area (Å²) < 4.78 is 5.35. The van der Waals surface area contributed by atoms with Gasteiger partial charge in [0.25, 0.3) is 5.91 Å². The number of methoxy groups -OCH3 is 1. The van der Waals surface area contributed by atoms with Crippen LogP contribution in [-0.2, 0) is 10.3 Å². The minimum absolute atomic E-state index is 0.0450. The van der Waals surface area contributed by atoms with E-state index in [4.69, 9.17) is 4.74 Å². The van der Waals surface area contributed by atoms with Crippen LogP contribution in [0.1, 0.15) is 29.5 Å². The van der Waals surface area contributed by atoms with Crippen molar-refractivity contribution < 1.29 is 14.6 Å². The number of aromatic hydroxyl groups is 1. The van der Waals surface area contributed by atoms with E-state index in [2.05, 4.69) is 23.6 Å². The van der Waals surface area contributed by atoms with Crippen LogP contribution in [0.5, 0.6) is 11.5 Å². The summed E-state index contributed by atoms with van der Waals surface area (Å²) in [7, 11) is 1.54. The average molecular weight is 386 g/mol. The van der Waals surface area contributed by atoms with Crippen LogP contribution in [0.3, 0.4) is 0 Å². The summed E-state index contributed by atoms with van der Waals surface area (Å²) >= 11 is 0. The van der Waals surface area contributed by atoms with Gasteiger partial charge in [0.1, 0.15) is 5.54 Å². The first-order valence-corrected chi connectivity index (χ1v) is 9.71. The zero-order valence-corrected chi connectivity index (χ0v) is 16.3. The number of hydrogen-bond donors (Lipinski definition) is 3. The highest BCUT2D eigenvalue weighted by Gasteiger charge is 2.56. The Balaban J connectivity index is 1.75. The first-order chi connectivity index (χ1) is 14.1. The molecule has 3 aromatic rings. The van der Waals surface area contributed by atoms with Gasteiger partial charge in [-0.25, -0.2) is 0 Å². The van der Waals surface area contributed by atoms with Crippen molar-refractivity contribution in [3.63, 3.8) is 0 Å². The number of anilines is 2. The zero-order chi connectivity index (χ0) is 20.2. The van der Waals surface area contributed by atoms with E-state index in [9.17, 15) is 9.90 Å². The van der Waals surface area contributed by atoms with E-state index in [0.717, 1.165) is 28.1 Å². The lowest BCUT2D eigenvalue weighted by Gasteiger charge is -2.45. The van der Waals surface area contributed by atoms with E-state index in [1.165, 1.54) is 0 Å². The van der Waals surface area contributed by atoms with Crippen LogP contribution in [0.2, 0.25) is 0 Å². The monoisotopic (exact) mass is 386 g/mol. The summed E-state index contributed by atoms with van der Waals surface area (Å²) in [4.78, 5) is 13.3. The third-order valence-corrected chi connectivity index (χ3v) is 6.33. The SMILES string of the molecule is COc1cc([C@@H]2c3ccccc3N[C@@]3(C(=O)Nc4ccccc43)[C@H]2C)ccc1O. The molecule has 3 aromatic carbocycles. The van der Waals surface area contributed by atoms with Gasteiger partial charge in [-0.1, -0.05) is 49.4 Å². The zero-order valence-electron chi connectivity index (χ0n) is 16.3. The fourth-order valence-corrected chi connectivity index (χ4v) is 4.94. The molecule has 5 rings (SSSR count). The molecule has 0 radical (unpaired) electrons. The van der Waals surface area contributed by atoms with Gasteiger partial charge >= 0.3 is 0 Å². The maximum absolute atomic E-state index is 13.3. The Morgan fingerprint density at radius 3 is 2.52 bits per heavy atom. The number of para-hydroxylation sites is 2. The van der Waals surface area contributed by atoms with Crippen LogP contribution >= 0.6 is 0 Å². The number of carbonyl (C=O) groups excluding carboxylic acids is 1. The Kier molecular flexibility index (Phi) is 3.81.